The number of primary amides is 1. The molecule has 1 aromatic heterocycles. The molecule has 13 heavy (non-hydrogen) atoms. The van der Waals surface area contributed by atoms with Crippen LogP contribution in [-0.4, -0.2) is 16.1 Å². The van der Waals surface area contributed by atoms with Gasteiger partial charge in [-0.3, -0.25) is 9.89 Å². The number of aromatic amines is 1. The van der Waals surface area contributed by atoms with Gasteiger partial charge in [-0.2, -0.15) is 5.10 Å². The van der Waals surface area contributed by atoms with Crippen molar-refractivity contribution >= 4 is 39.4 Å². The van der Waals surface area contributed by atoms with E-state index < -0.39 is 5.91 Å². The Morgan fingerprint density at radius 1 is 1.54 bits per heavy atom. The van der Waals surface area contributed by atoms with Crippen LogP contribution in [0.2, 0.25) is 0 Å². The Bertz CT molecular complexity index is 477. The fraction of sp³-hybridized carbons (Fsp3) is 0. The largest absolute Gasteiger partial charge is 0.366 e. The second kappa shape index (κ2) is 2.99. The molecular formula is C8H6IN3O. The number of nitrogens with zero attached hydrogens (tertiary/aromatic N) is 1. The quantitative estimate of drug-likeness (QED) is 0.775. The zero-order valence-electron chi connectivity index (χ0n) is 6.54. The van der Waals surface area contributed by atoms with E-state index in [-0.39, 0.29) is 0 Å². The zero-order valence-corrected chi connectivity index (χ0v) is 8.70. The fourth-order valence-electron chi connectivity index (χ4n) is 1.22. The third-order valence-corrected chi connectivity index (χ3v) is 2.40. The van der Waals surface area contributed by atoms with Gasteiger partial charge in [0, 0.05) is 8.96 Å². The molecule has 1 aromatic carbocycles. The second-order valence-corrected chi connectivity index (χ2v) is 3.90. The van der Waals surface area contributed by atoms with Crippen LogP contribution in [0.1, 0.15) is 10.4 Å². The maximum Gasteiger partial charge on any atom is 0.250 e. The van der Waals surface area contributed by atoms with Gasteiger partial charge in [0.1, 0.15) is 0 Å². The molecule has 1 heterocycles. The van der Waals surface area contributed by atoms with Crippen LogP contribution in [0, 0.1) is 3.57 Å². The highest BCUT2D eigenvalue weighted by atomic mass is 127. The maximum atomic E-state index is 11.0. The van der Waals surface area contributed by atoms with Crippen molar-refractivity contribution in [2.75, 3.05) is 0 Å². The van der Waals surface area contributed by atoms with E-state index in [1.165, 1.54) is 0 Å². The van der Waals surface area contributed by atoms with Crippen LogP contribution in [0.5, 0.6) is 0 Å². The average molecular weight is 287 g/mol. The fourth-order valence-corrected chi connectivity index (χ4v) is 1.86. The van der Waals surface area contributed by atoms with Crippen LogP contribution in [0.4, 0.5) is 0 Å². The van der Waals surface area contributed by atoms with Crippen LogP contribution in [0.3, 0.4) is 0 Å². The Balaban J connectivity index is 2.84. The monoisotopic (exact) mass is 287 g/mol. The summed E-state index contributed by atoms with van der Waals surface area (Å²) < 4.78 is 0.972. The summed E-state index contributed by atoms with van der Waals surface area (Å²) in [5, 5.41) is 7.50. The lowest BCUT2D eigenvalue weighted by Gasteiger charge is -1.98. The van der Waals surface area contributed by atoms with Gasteiger partial charge in [-0.25, -0.2) is 0 Å². The number of amides is 1. The lowest BCUT2D eigenvalue weighted by molar-refractivity contribution is 0.100. The molecule has 0 spiro atoms. The van der Waals surface area contributed by atoms with Crippen LogP contribution in [-0.2, 0) is 0 Å². The first-order valence-corrected chi connectivity index (χ1v) is 4.69. The normalized spacial score (nSPS) is 10.5. The van der Waals surface area contributed by atoms with Crippen molar-refractivity contribution in [1.82, 2.24) is 10.2 Å². The molecule has 0 saturated carbocycles. The van der Waals surface area contributed by atoms with E-state index in [0.717, 1.165) is 8.96 Å². The highest BCUT2D eigenvalue weighted by Gasteiger charge is 2.08. The van der Waals surface area contributed by atoms with Crippen LogP contribution < -0.4 is 5.73 Å². The molecule has 0 fully saturated rings. The number of carbonyl (C=O) groups excluding carboxylic acids is 1. The number of aromatic nitrogens is 2. The Kier molecular flexibility index (Phi) is 1.95. The van der Waals surface area contributed by atoms with Crippen LogP contribution >= 0.6 is 22.6 Å². The van der Waals surface area contributed by atoms with Gasteiger partial charge in [-0.05, 0) is 34.7 Å². The van der Waals surface area contributed by atoms with Crippen molar-refractivity contribution in [3.05, 3.63) is 27.5 Å². The number of hydrogen-bond acceptors (Lipinski definition) is 2. The first kappa shape index (κ1) is 8.49. The molecule has 0 aliphatic carbocycles. The lowest BCUT2D eigenvalue weighted by Crippen LogP contribution is -2.11. The van der Waals surface area contributed by atoms with Crippen molar-refractivity contribution in [2.24, 2.45) is 5.73 Å². The highest BCUT2D eigenvalue weighted by Crippen LogP contribution is 2.19. The summed E-state index contributed by atoms with van der Waals surface area (Å²) in [4.78, 5) is 11.0. The number of carbonyl (C=O) groups is 1. The predicted molar refractivity (Wildman–Crippen MR) is 57.3 cm³/mol. The van der Waals surface area contributed by atoms with E-state index in [2.05, 4.69) is 32.8 Å². The van der Waals surface area contributed by atoms with Crippen LogP contribution in [0.15, 0.2) is 18.3 Å². The molecule has 2 rings (SSSR count). The Morgan fingerprint density at radius 3 is 3.00 bits per heavy atom. The molecule has 0 radical (unpaired) electrons. The molecule has 66 valence electrons. The zero-order chi connectivity index (χ0) is 9.42. The molecule has 0 atom stereocenters. The smallest absolute Gasteiger partial charge is 0.250 e. The summed E-state index contributed by atoms with van der Waals surface area (Å²) in [5.41, 5.74) is 6.41. The molecule has 5 heteroatoms. The minimum atomic E-state index is -0.437. The molecule has 0 bridgehead atoms. The van der Waals surface area contributed by atoms with E-state index in [1.807, 2.05) is 6.07 Å². The van der Waals surface area contributed by atoms with Crippen molar-refractivity contribution in [1.29, 1.82) is 0 Å². The molecule has 0 aliphatic heterocycles. The first-order chi connectivity index (χ1) is 6.18. The molecule has 0 aliphatic rings. The lowest BCUT2D eigenvalue weighted by atomic mass is 10.1. The van der Waals surface area contributed by atoms with Gasteiger partial charge in [-0.1, -0.05) is 0 Å². The average Bonchev–Trinajstić information content (AvgIpc) is 2.49. The number of benzene rings is 1. The Hall–Kier alpha value is -1.11. The SMILES string of the molecule is NC(=O)c1cc(I)cc2cn[nH]c12. The van der Waals surface area contributed by atoms with Crippen molar-refractivity contribution < 1.29 is 4.79 Å². The van der Waals surface area contributed by atoms with E-state index in [1.54, 1.807) is 12.3 Å². The second-order valence-electron chi connectivity index (χ2n) is 2.65. The van der Waals surface area contributed by atoms with E-state index in [9.17, 15) is 4.79 Å². The molecule has 1 amide bonds. The van der Waals surface area contributed by atoms with E-state index in [0.29, 0.717) is 11.1 Å². The predicted octanol–water partition coefficient (Wildman–Crippen LogP) is 1.27. The van der Waals surface area contributed by atoms with Crippen LogP contribution in [0.25, 0.3) is 10.9 Å². The number of H-pyrrole nitrogens is 1. The number of nitrogens with one attached hydrogen (secondary N) is 1. The molecule has 0 unspecified atom stereocenters. The summed E-state index contributed by atoms with van der Waals surface area (Å²) in [5.74, 6) is -0.437. The topological polar surface area (TPSA) is 71.8 Å². The van der Waals surface area contributed by atoms with E-state index >= 15 is 0 Å². The molecule has 0 saturated heterocycles. The number of fused-ring (bicyclic) bond motifs is 1. The van der Waals surface area contributed by atoms with Gasteiger partial charge >= 0.3 is 0 Å². The summed E-state index contributed by atoms with van der Waals surface area (Å²) >= 11 is 2.13. The molecule has 4 nitrogen and oxygen atoms in total. The summed E-state index contributed by atoms with van der Waals surface area (Å²) in [6, 6.07) is 3.68. The summed E-state index contributed by atoms with van der Waals surface area (Å²) in [6.07, 6.45) is 1.67. The summed E-state index contributed by atoms with van der Waals surface area (Å²) in [7, 11) is 0. The van der Waals surface area contributed by atoms with Gasteiger partial charge in [0.2, 0.25) is 0 Å². The van der Waals surface area contributed by atoms with Crippen molar-refractivity contribution in [2.45, 2.75) is 0 Å². The van der Waals surface area contributed by atoms with Gasteiger partial charge in [-0.15, -0.1) is 0 Å². The Morgan fingerprint density at radius 2 is 2.31 bits per heavy atom. The van der Waals surface area contributed by atoms with Crippen molar-refractivity contribution in [3.63, 3.8) is 0 Å². The van der Waals surface area contributed by atoms with Gasteiger partial charge in [0.05, 0.1) is 17.3 Å². The summed E-state index contributed by atoms with van der Waals surface area (Å²) in [6.45, 7) is 0. The number of rotatable bonds is 1. The van der Waals surface area contributed by atoms with Gasteiger partial charge in [0.15, 0.2) is 0 Å². The van der Waals surface area contributed by atoms with Crippen molar-refractivity contribution in [3.8, 4) is 0 Å². The first-order valence-electron chi connectivity index (χ1n) is 3.61. The van der Waals surface area contributed by atoms with Gasteiger partial charge in [0.25, 0.3) is 5.91 Å². The Labute approximate surface area is 87.6 Å². The third-order valence-electron chi connectivity index (χ3n) is 1.78. The third kappa shape index (κ3) is 1.39. The molecule has 2 aromatic rings. The van der Waals surface area contributed by atoms with Gasteiger partial charge < -0.3 is 5.73 Å². The molecular weight excluding hydrogens is 281 g/mol. The number of halogens is 1. The highest BCUT2D eigenvalue weighted by molar-refractivity contribution is 14.1. The maximum absolute atomic E-state index is 11.0. The minimum absolute atomic E-state index is 0.437. The number of nitrogens with two attached hydrogens (primary N) is 1. The molecule has 3 N–H and O–H groups in total. The standard InChI is InChI=1S/C8H6IN3O/c9-5-1-4-3-11-12-7(4)6(2-5)8(10)13/h1-3H,(H2,10,13)(H,11,12). The minimum Gasteiger partial charge on any atom is -0.366 e. The van der Waals surface area contributed by atoms with E-state index in [4.69, 9.17) is 5.73 Å². The number of hydrogen-bond donors (Lipinski definition) is 2.